The number of carboxylic acids is 1. The first-order valence-electron chi connectivity index (χ1n) is 7.55. The van der Waals surface area contributed by atoms with Crippen molar-refractivity contribution in [2.24, 2.45) is 5.92 Å². The van der Waals surface area contributed by atoms with Crippen molar-refractivity contribution < 1.29 is 24.9 Å². The van der Waals surface area contributed by atoms with E-state index in [0.717, 1.165) is 10.2 Å². The Morgan fingerprint density at radius 1 is 1.16 bits per heavy atom. The number of piperidine rings is 1. The Labute approximate surface area is 151 Å². The maximum atomic E-state index is 12.6. The van der Waals surface area contributed by atoms with E-state index in [9.17, 15) is 19.8 Å². The minimum atomic E-state index is -1.40. The van der Waals surface area contributed by atoms with Gasteiger partial charge in [0.05, 0.1) is 29.7 Å². The summed E-state index contributed by atoms with van der Waals surface area (Å²) in [6.45, 7) is -0.302. The molecule has 1 amide bonds. The van der Waals surface area contributed by atoms with Crippen LogP contribution in [0.25, 0.3) is 5.69 Å². The second-order valence-electron chi connectivity index (χ2n) is 5.86. The van der Waals surface area contributed by atoms with Crippen LogP contribution in [0.15, 0.2) is 41.1 Å². The van der Waals surface area contributed by atoms with Gasteiger partial charge in [-0.2, -0.15) is 5.10 Å². The van der Waals surface area contributed by atoms with E-state index in [1.54, 1.807) is 6.20 Å². The number of hydrogen-bond acceptors (Lipinski definition) is 5. The average Bonchev–Trinajstić information content (AvgIpc) is 3.07. The molecule has 8 nitrogen and oxygen atoms in total. The predicted molar refractivity (Wildman–Crippen MR) is 90.3 cm³/mol. The Morgan fingerprint density at radius 3 is 2.48 bits per heavy atom. The van der Waals surface area contributed by atoms with Gasteiger partial charge in [-0.15, -0.1) is 0 Å². The summed E-state index contributed by atoms with van der Waals surface area (Å²) in [5.41, 5.74) is 1.04. The maximum Gasteiger partial charge on any atom is 0.311 e. The fraction of sp³-hybridized carbons (Fsp3) is 0.312. The maximum absolute atomic E-state index is 12.6. The largest absolute Gasteiger partial charge is 0.481 e. The highest BCUT2D eigenvalue weighted by Crippen LogP contribution is 2.21. The van der Waals surface area contributed by atoms with Crippen molar-refractivity contribution in [3.8, 4) is 5.69 Å². The zero-order valence-electron chi connectivity index (χ0n) is 13.0. The molecule has 0 saturated carbocycles. The fourth-order valence-electron chi connectivity index (χ4n) is 2.76. The zero-order valence-corrected chi connectivity index (χ0v) is 14.6. The number of aliphatic carboxylic acids is 1. The van der Waals surface area contributed by atoms with Gasteiger partial charge in [-0.25, -0.2) is 4.68 Å². The van der Waals surface area contributed by atoms with Crippen molar-refractivity contribution in [3.63, 3.8) is 0 Å². The van der Waals surface area contributed by atoms with Gasteiger partial charge in [-0.3, -0.25) is 9.59 Å². The van der Waals surface area contributed by atoms with Crippen LogP contribution in [0.1, 0.15) is 10.4 Å². The number of halogens is 1. The monoisotopic (exact) mass is 409 g/mol. The number of likely N-dealkylation sites (tertiary alicyclic amines) is 1. The van der Waals surface area contributed by atoms with Crippen molar-refractivity contribution in [3.05, 3.63) is 46.7 Å². The van der Waals surface area contributed by atoms with E-state index in [1.807, 2.05) is 24.3 Å². The molecule has 3 atom stereocenters. The summed E-state index contributed by atoms with van der Waals surface area (Å²) in [5.74, 6) is -2.93. The lowest BCUT2D eigenvalue weighted by Crippen LogP contribution is -2.56. The molecular formula is C16H16BrN3O5. The Bertz CT molecular complexity index is 791. The van der Waals surface area contributed by atoms with Gasteiger partial charge in [-0.1, -0.05) is 15.9 Å². The van der Waals surface area contributed by atoms with Crippen LogP contribution in [0, 0.1) is 5.92 Å². The van der Waals surface area contributed by atoms with Crippen LogP contribution in [-0.2, 0) is 4.79 Å². The molecular weight excluding hydrogens is 394 g/mol. The van der Waals surface area contributed by atoms with Crippen LogP contribution in [0.2, 0.25) is 0 Å². The molecule has 3 unspecified atom stereocenters. The lowest BCUT2D eigenvalue weighted by Gasteiger charge is -2.37. The molecule has 25 heavy (non-hydrogen) atoms. The first-order valence-corrected chi connectivity index (χ1v) is 8.35. The van der Waals surface area contributed by atoms with Crippen LogP contribution in [0.3, 0.4) is 0 Å². The molecule has 1 saturated heterocycles. The number of aliphatic hydroxyl groups excluding tert-OH is 2. The van der Waals surface area contributed by atoms with E-state index >= 15 is 0 Å². The third kappa shape index (κ3) is 3.58. The molecule has 3 rings (SSSR count). The number of aliphatic hydroxyl groups is 2. The second-order valence-corrected chi connectivity index (χ2v) is 6.78. The number of hydrogen-bond donors (Lipinski definition) is 3. The molecule has 2 heterocycles. The number of nitrogens with zero attached hydrogens (tertiary/aromatic N) is 3. The lowest BCUT2D eigenvalue weighted by atomic mass is 9.92. The highest BCUT2D eigenvalue weighted by atomic mass is 79.9. The van der Waals surface area contributed by atoms with Gasteiger partial charge in [0.25, 0.3) is 5.91 Å². The lowest BCUT2D eigenvalue weighted by molar-refractivity contribution is -0.154. The molecule has 3 N–H and O–H groups in total. The van der Waals surface area contributed by atoms with Crippen LogP contribution in [0.4, 0.5) is 0 Å². The first-order chi connectivity index (χ1) is 11.9. The first kappa shape index (κ1) is 17.6. The van der Waals surface area contributed by atoms with Crippen molar-refractivity contribution in [1.29, 1.82) is 0 Å². The third-order valence-corrected chi connectivity index (χ3v) is 4.68. The van der Waals surface area contributed by atoms with Crippen molar-refractivity contribution in [2.75, 3.05) is 13.1 Å². The number of benzene rings is 1. The average molecular weight is 410 g/mol. The molecule has 132 valence electrons. The fourth-order valence-corrected chi connectivity index (χ4v) is 3.03. The standard InChI is InChI=1S/C16H16BrN3O5/c17-10-1-3-11(4-2-10)20-6-9(5-18-20)15(23)19-7-12(16(24)25)14(22)13(21)8-19/h1-6,12-14,21-22H,7-8H2,(H,24,25). The van der Waals surface area contributed by atoms with Gasteiger partial charge in [0, 0.05) is 23.8 Å². The molecule has 1 aromatic heterocycles. The highest BCUT2D eigenvalue weighted by Gasteiger charge is 2.40. The third-order valence-electron chi connectivity index (χ3n) is 4.16. The summed E-state index contributed by atoms with van der Waals surface area (Å²) in [5, 5.41) is 32.9. The van der Waals surface area contributed by atoms with Gasteiger partial charge >= 0.3 is 5.97 Å². The number of carboxylic acid groups (broad SMARTS) is 1. The van der Waals surface area contributed by atoms with Crippen LogP contribution in [0.5, 0.6) is 0 Å². The number of carbonyl (C=O) groups is 2. The Balaban J connectivity index is 1.79. The Hall–Kier alpha value is -2.23. The number of β-amino-alcohol motifs (C(OH)–C–C–N with tert-alkyl or cyclic N) is 1. The molecule has 0 aliphatic carbocycles. The van der Waals surface area contributed by atoms with E-state index in [-0.39, 0.29) is 18.7 Å². The predicted octanol–water partition coefficient (Wildman–Crippen LogP) is 0.513. The molecule has 2 aromatic rings. The van der Waals surface area contributed by atoms with Gasteiger partial charge in [0.15, 0.2) is 0 Å². The molecule has 1 aliphatic rings. The zero-order chi connectivity index (χ0) is 18.1. The summed E-state index contributed by atoms with van der Waals surface area (Å²) in [6.07, 6.45) is 0.225. The van der Waals surface area contributed by atoms with Gasteiger partial charge in [0.1, 0.15) is 5.92 Å². The quantitative estimate of drug-likeness (QED) is 0.680. The number of aromatic nitrogens is 2. The van der Waals surface area contributed by atoms with E-state index < -0.39 is 30.0 Å². The molecule has 1 aromatic carbocycles. The summed E-state index contributed by atoms with van der Waals surface area (Å²) < 4.78 is 2.45. The molecule has 0 spiro atoms. The summed E-state index contributed by atoms with van der Waals surface area (Å²) in [7, 11) is 0. The van der Waals surface area contributed by atoms with Gasteiger partial charge < -0.3 is 20.2 Å². The summed E-state index contributed by atoms with van der Waals surface area (Å²) in [4.78, 5) is 25.0. The molecule has 0 bridgehead atoms. The van der Waals surface area contributed by atoms with Crippen molar-refractivity contribution >= 4 is 27.8 Å². The van der Waals surface area contributed by atoms with E-state index in [0.29, 0.717) is 0 Å². The summed E-state index contributed by atoms with van der Waals surface area (Å²) >= 11 is 3.34. The highest BCUT2D eigenvalue weighted by molar-refractivity contribution is 9.10. The topological polar surface area (TPSA) is 116 Å². The van der Waals surface area contributed by atoms with Gasteiger partial charge in [0.2, 0.25) is 0 Å². The SMILES string of the molecule is O=C(O)C1CN(C(=O)c2cnn(-c3ccc(Br)cc3)c2)CC(O)C1O. The van der Waals surface area contributed by atoms with E-state index in [2.05, 4.69) is 21.0 Å². The number of amides is 1. The molecule has 0 radical (unpaired) electrons. The number of carbonyl (C=O) groups excluding carboxylic acids is 1. The van der Waals surface area contributed by atoms with E-state index in [4.69, 9.17) is 5.11 Å². The smallest absolute Gasteiger partial charge is 0.311 e. The van der Waals surface area contributed by atoms with Gasteiger partial charge in [-0.05, 0) is 24.3 Å². The Morgan fingerprint density at radius 2 is 1.84 bits per heavy atom. The molecule has 1 aliphatic heterocycles. The minimum Gasteiger partial charge on any atom is -0.481 e. The Kier molecular flexibility index (Phi) is 4.89. The van der Waals surface area contributed by atoms with E-state index in [1.165, 1.54) is 15.8 Å². The molecule has 9 heteroatoms. The second kappa shape index (κ2) is 6.95. The molecule has 1 fully saturated rings. The van der Waals surface area contributed by atoms with Crippen LogP contribution >= 0.6 is 15.9 Å². The normalized spacial score (nSPS) is 23.5. The van der Waals surface area contributed by atoms with Crippen LogP contribution < -0.4 is 0 Å². The number of rotatable bonds is 3. The van der Waals surface area contributed by atoms with Crippen molar-refractivity contribution in [2.45, 2.75) is 12.2 Å². The summed E-state index contributed by atoms with van der Waals surface area (Å²) in [6, 6.07) is 7.34. The van der Waals surface area contributed by atoms with Crippen molar-refractivity contribution in [1.82, 2.24) is 14.7 Å². The van der Waals surface area contributed by atoms with Crippen LogP contribution in [-0.4, -0.2) is 67.2 Å². The minimum absolute atomic E-state index is 0.132.